The normalized spacial score (nSPS) is 10.2. The van der Waals surface area contributed by atoms with E-state index in [4.69, 9.17) is 5.26 Å². The van der Waals surface area contributed by atoms with Crippen molar-refractivity contribution in [1.82, 2.24) is 9.88 Å². The van der Waals surface area contributed by atoms with Crippen LogP contribution in [0.3, 0.4) is 0 Å². The zero-order chi connectivity index (χ0) is 13.8. The molecule has 2 aromatic rings. The summed E-state index contributed by atoms with van der Waals surface area (Å²) in [5.74, 6) is -0.0632. The van der Waals surface area contributed by atoms with Crippen molar-refractivity contribution < 1.29 is 4.79 Å². The number of carbonyl (C=O) groups excluding carboxylic acids is 1. The van der Waals surface area contributed by atoms with E-state index in [2.05, 4.69) is 4.98 Å². The van der Waals surface area contributed by atoms with Crippen molar-refractivity contribution in [3.8, 4) is 16.6 Å². The van der Waals surface area contributed by atoms with Crippen LogP contribution in [-0.4, -0.2) is 29.4 Å². The van der Waals surface area contributed by atoms with Gasteiger partial charge in [0.05, 0.1) is 18.2 Å². The Kier molecular flexibility index (Phi) is 4.30. The molecule has 0 radical (unpaired) electrons. The fourth-order valence-corrected chi connectivity index (χ4v) is 3.37. The van der Waals surface area contributed by atoms with Crippen LogP contribution < -0.4 is 0 Å². The summed E-state index contributed by atoms with van der Waals surface area (Å²) in [6, 6.07) is 4.04. The third-order valence-corrected chi connectivity index (χ3v) is 4.54. The second-order valence-electron chi connectivity index (χ2n) is 4.08. The molecule has 0 saturated heterocycles. The van der Waals surface area contributed by atoms with E-state index in [1.54, 1.807) is 23.3 Å². The number of hydrogen-bond acceptors (Lipinski definition) is 5. The molecule has 19 heavy (non-hydrogen) atoms. The van der Waals surface area contributed by atoms with Crippen molar-refractivity contribution in [2.75, 3.05) is 13.6 Å². The molecule has 0 unspecified atom stereocenters. The number of rotatable bonds is 4. The van der Waals surface area contributed by atoms with Gasteiger partial charge in [0.15, 0.2) is 0 Å². The predicted molar refractivity (Wildman–Crippen MR) is 77.4 cm³/mol. The molecule has 2 heterocycles. The van der Waals surface area contributed by atoms with E-state index in [-0.39, 0.29) is 5.91 Å². The Morgan fingerprint density at radius 3 is 3.00 bits per heavy atom. The van der Waals surface area contributed by atoms with Gasteiger partial charge in [-0.15, -0.1) is 11.3 Å². The van der Waals surface area contributed by atoms with Crippen LogP contribution >= 0.6 is 22.7 Å². The van der Waals surface area contributed by atoms with Crippen LogP contribution in [0.5, 0.6) is 0 Å². The van der Waals surface area contributed by atoms with E-state index in [1.165, 1.54) is 11.3 Å². The first-order valence-electron chi connectivity index (χ1n) is 5.76. The van der Waals surface area contributed by atoms with Gasteiger partial charge in [-0.25, -0.2) is 4.98 Å². The van der Waals surface area contributed by atoms with Crippen LogP contribution in [0.2, 0.25) is 0 Å². The molecule has 0 aliphatic heterocycles. The zero-order valence-corrected chi connectivity index (χ0v) is 12.3. The Labute approximate surface area is 119 Å². The monoisotopic (exact) mass is 291 g/mol. The van der Waals surface area contributed by atoms with Crippen LogP contribution in [-0.2, 0) is 0 Å². The molecule has 6 heteroatoms. The fraction of sp³-hybridized carbons (Fsp3) is 0.308. The van der Waals surface area contributed by atoms with Crippen LogP contribution in [0.15, 0.2) is 16.8 Å². The number of amides is 1. The Hall–Kier alpha value is -1.71. The van der Waals surface area contributed by atoms with Crippen molar-refractivity contribution in [3.63, 3.8) is 0 Å². The minimum absolute atomic E-state index is 0.0632. The summed E-state index contributed by atoms with van der Waals surface area (Å²) in [6.45, 7) is 2.29. The SMILES string of the molecule is Cc1nc(-c2ccsc2)sc1C(=O)N(C)CCC#N. The van der Waals surface area contributed by atoms with Crippen LogP contribution in [0.1, 0.15) is 21.8 Å². The average Bonchev–Trinajstić information content (AvgIpc) is 3.03. The quantitative estimate of drug-likeness (QED) is 0.869. The number of thiazole rings is 1. The van der Waals surface area contributed by atoms with Crippen LogP contribution in [0.25, 0.3) is 10.6 Å². The molecule has 0 saturated carbocycles. The molecule has 1 amide bonds. The van der Waals surface area contributed by atoms with Gasteiger partial charge in [-0.1, -0.05) is 0 Å². The molecule has 0 atom stereocenters. The predicted octanol–water partition coefficient (Wildman–Crippen LogP) is 3.17. The van der Waals surface area contributed by atoms with Crippen molar-refractivity contribution in [3.05, 3.63) is 27.4 Å². The van der Waals surface area contributed by atoms with Crippen molar-refractivity contribution in [2.45, 2.75) is 13.3 Å². The van der Waals surface area contributed by atoms with Crippen molar-refractivity contribution in [2.24, 2.45) is 0 Å². The maximum Gasteiger partial charge on any atom is 0.265 e. The van der Waals surface area contributed by atoms with Gasteiger partial charge < -0.3 is 4.90 Å². The third kappa shape index (κ3) is 3.00. The van der Waals surface area contributed by atoms with E-state index in [0.717, 1.165) is 16.3 Å². The summed E-state index contributed by atoms with van der Waals surface area (Å²) in [5, 5.41) is 13.4. The van der Waals surface area contributed by atoms with E-state index < -0.39 is 0 Å². The Bertz CT molecular complexity index is 610. The van der Waals surface area contributed by atoms with E-state index in [1.807, 2.05) is 29.8 Å². The van der Waals surface area contributed by atoms with Gasteiger partial charge >= 0.3 is 0 Å². The minimum atomic E-state index is -0.0632. The van der Waals surface area contributed by atoms with Gasteiger partial charge in [0, 0.05) is 24.5 Å². The molecular weight excluding hydrogens is 278 g/mol. The van der Waals surface area contributed by atoms with Gasteiger partial charge in [0.1, 0.15) is 9.88 Å². The highest BCUT2D eigenvalue weighted by molar-refractivity contribution is 7.17. The van der Waals surface area contributed by atoms with Gasteiger partial charge in [0.2, 0.25) is 0 Å². The smallest absolute Gasteiger partial charge is 0.265 e. The van der Waals surface area contributed by atoms with E-state index in [9.17, 15) is 4.79 Å². The number of nitrogens with zero attached hydrogens (tertiary/aromatic N) is 3. The summed E-state index contributed by atoms with van der Waals surface area (Å²) in [7, 11) is 1.71. The molecule has 0 aliphatic rings. The largest absolute Gasteiger partial charge is 0.340 e. The van der Waals surface area contributed by atoms with Crippen molar-refractivity contribution >= 4 is 28.6 Å². The number of aryl methyl sites for hydroxylation is 1. The zero-order valence-electron chi connectivity index (χ0n) is 10.7. The molecule has 0 N–H and O–H groups in total. The highest BCUT2D eigenvalue weighted by Crippen LogP contribution is 2.29. The molecule has 0 spiro atoms. The Balaban J connectivity index is 2.21. The molecule has 98 valence electrons. The molecule has 2 aromatic heterocycles. The first-order valence-corrected chi connectivity index (χ1v) is 7.52. The minimum Gasteiger partial charge on any atom is -0.340 e. The standard InChI is InChI=1S/C13H13N3OS2/c1-9-11(13(17)16(2)6-3-5-14)19-12(15-9)10-4-7-18-8-10/h4,7-8H,3,6H2,1-2H3. The second kappa shape index (κ2) is 5.95. The first kappa shape index (κ1) is 13.7. The molecule has 0 bridgehead atoms. The van der Waals surface area contributed by atoms with Crippen LogP contribution in [0.4, 0.5) is 0 Å². The van der Waals surface area contributed by atoms with E-state index in [0.29, 0.717) is 17.8 Å². The number of carbonyl (C=O) groups is 1. The topological polar surface area (TPSA) is 57.0 Å². The molecule has 2 rings (SSSR count). The van der Waals surface area contributed by atoms with Gasteiger partial charge in [0.25, 0.3) is 5.91 Å². The second-order valence-corrected chi connectivity index (χ2v) is 5.86. The number of thiophene rings is 1. The lowest BCUT2D eigenvalue weighted by Crippen LogP contribution is -2.27. The summed E-state index contributed by atoms with van der Waals surface area (Å²) in [4.78, 5) is 18.9. The van der Waals surface area contributed by atoms with Crippen molar-refractivity contribution in [1.29, 1.82) is 5.26 Å². The lowest BCUT2D eigenvalue weighted by molar-refractivity contribution is 0.0802. The van der Waals surface area contributed by atoms with Gasteiger partial charge in [-0.3, -0.25) is 4.79 Å². The molecule has 0 fully saturated rings. The lowest BCUT2D eigenvalue weighted by atomic mass is 10.3. The highest BCUT2D eigenvalue weighted by Gasteiger charge is 2.19. The highest BCUT2D eigenvalue weighted by atomic mass is 32.1. The van der Waals surface area contributed by atoms with Crippen LogP contribution in [0, 0.1) is 18.3 Å². The van der Waals surface area contributed by atoms with Gasteiger partial charge in [-0.05, 0) is 18.4 Å². The maximum atomic E-state index is 12.2. The number of nitriles is 1. The Morgan fingerprint density at radius 1 is 1.58 bits per heavy atom. The molecular formula is C13H13N3OS2. The summed E-state index contributed by atoms with van der Waals surface area (Å²) >= 11 is 3.02. The van der Waals surface area contributed by atoms with Gasteiger partial charge in [-0.2, -0.15) is 16.6 Å². The maximum absolute atomic E-state index is 12.2. The molecule has 0 aliphatic carbocycles. The number of aromatic nitrogens is 1. The summed E-state index contributed by atoms with van der Waals surface area (Å²) in [6.07, 6.45) is 0.345. The first-order chi connectivity index (χ1) is 9.13. The fourth-order valence-electron chi connectivity index (χ4n) is 1.60. The average molecular weight is 291 g/mol. The van der Waals surface area contributed by atoms with E-state index >= 15 is 0 Å². The number of hydrogen-bond donors (Lipinski definition) is 0. The molecule has 0 aromatic carbocycles. The summed E-state index contributed by atoms with van der Waals surface area (Å²) in [5.41, 5.74) is 1.80. The molecule has 4 nitrogen and oxygen atoms in total. The lowest BCUT2D eigenvalue weighted by Gasteiger charge is -2.14. The third-order valence-electron chi connectivity index (χ3n) is 2.66. The summed E-state index contributed by atoms with van der Waals surface area (Å²) < 4.78 is 0. The Morgan fingerprint density at radius 2 is 2.37 bits per heavy atom.